The van der Waals surface area contributed by atoms with E-state index in [4.69, 9.17) is 0 Å². The van der Waals surface area contributed by atoms with Crippen LogP contribution >= 0.6 is 0 Å². The lowest BCUT2D eigenvalue weighted by molar-refractivity contribution is -0.137. The van der Waals surface area contributed by atoms with Crippen molar-refractivity contribution in [1.29, 1.82) is 0 Å². The molecule has 19 heavy (non-hydrogen) atoms. The molecular formula is C13H14F3N3. The van der Waals surface area contributed by atoms with Crippen LogP contribution in [-0.2, 0) is 6.18 Å². The van der Waals surface area contributed by atoms with E-state index < -0.39 is 11.7 Å². The molecule has 0 aliphatic rings. The van der Waals surface area contributed by atoms with Crippen LogP contribution in [0.5, 0.6) is 0 Å². The molecule has 1 aromatic carbocycles. The van der Waals surface area contributed by atoms with Gasteiger partial charge in [-0.1, -0.05) is 12.1 Å². The van der Waals surface area contributed by atoms with Gasteiger partial charge in [-0.3, -0.25) is 5.10 Å². The number of hydrogen-bond acceptors (Lipinski definition) is 2. The van der Waals surface area contributed by atoms with Gasteiger partial charge in [0.15, 0.2) is 0 Å². The summed E-state index contributed by atoms with van der Waals surface area (Å²) >= 11 is 0. The molecule has 3 nitrogen and oxygen atoms in total. The van der Waals surface area contributed by atoms with Crippen molar-refractivity contribution in [2.24, 2.45) is 0 Å². The van der Waals surface area contributed by atoms with E-state index in [1.165, 1.54) is 12.1 Å². The van der Waals surface area contributed by atoms with E-state index >= 15 is 0 Å². The maximum atomic E-state index is 12.5. The molecule has 0 radical (unpaired) electrons. The van der Waals surface area contributed by atoms with Crippen LogP contribution < -0.4 is 5.32 Å². The SMILES string of the molecule is CNC(C)c1cn[nH]c1-c1ccc(C(F)(F)F)cc1. The van der Waals surface area contributed by atoms with Gasteiger partial charge in [-0.25, -0.2) is 0 Å². The molecule has 102 valence electrons. The van der Waals surface area contributed by atoms with Crippen LogP contribution in [0.2, 0.25) is 0 Å². The Morgan fingerprint density at radius 1 is 1.21 bits per heavy atom. The van der Waals surface area contributed by atoms with Crippen molar-refractivity contribution in [3.8, 4) is 11.3 Å². The van der Waals surface area contributed by atoms with Gasteiger partial charge in [0.1, 0.15) is 0 Å². The number of rotatable bonds is 3. The first kappa shape index (κ1) is 13.6. The third-order valence-electron chi connectivity index (χ3n) is 3.07. The van der Waals surface area contributed by atoms with Crippen molar-refractivity contribution < 1.29 is 13.2 Å². The zero-order valence-electron chi connectivity index (χ0n) is 10.5. The molecule has 0 fully saturated rings. The summed E-state index contributed by atoms with van der Waals surface area (Å²) in [6.45, 7) is 1.96. The molecule has 6 heteroatoms. The number of benzene rings is 1. The second kappa shape index (κ2) is 5.05. The Morgan fingerprint density at radius 2 is 1.84 bits per heavy atom. The molecule has 0 aliphatic carbocycles. The van der Waals surface area contributed by atoms with E-state index in [2.05, 4.69) is 15.5 Å². The summed E-state index contributed by atoms with van der Waals surface area (Å²) < 4.78 is 37.5. The zero-order chi connectivity index (χ0) is 14.0. The fraction of sp³-hybridized carbons (Fsp3) is 0.308. The van der Waals surface area contributed by atoms with E-state index in [-0.39, 0.29) is 6.04 Å². The smallest absolute Gasteiger partial charge is 0.313 e. The fourth-order valence-electron chi connectivity index (χ4n) is 1.84. The van der Waals surface area contributed by atoms with Gasteiger partial charge >= 0.3 is 6.18 Å². The Kier molecular flexibility index (Phi) is 3.61. The Morgan fingerprint density at radius 3 is 2.37 bits per heavy atom. The minimum Gasteiger partial charge on any atom is -0.313 e. The van der Waals surface area contributed by atoms with Crippen LogP contribution in [0.3, 0.4) is 0 Å². The number of nitrogens with one attached hydrogen (secondary N) is 2. The normalized spacial score (nSPS) is 13.5. The lowest BCUT2D eigenvalue weighted by Crippen LogP contribution is -2.12. The number of aromatic nitrogens is 2. The van der Waals surface area contributed by atoms with Gasteiger partial charge in [-0.05, 0) is 31.7 Å². The molecule has 0 saturated carbocycles. The highest BCUT2D eigenvalue weighted by molar-refractivity contribution is 5.63. The van der Waals surface area contributed by atoms with Crippen LogP contribution in [0, 0.1) is 0 Å². The number of nitrogens with zero attached hydrogens (tertiary/aromatic N) is 1. The highest BCUT2D eigenvalue weighted by Gasteiger charge is 2.30. The molecule has 0 aliphatic heterocycles. The highest BCUT2D eigenvalue weighted by atomic mass is 19.4. The summed E-state index contributed by atoms with van der Waals surface area (Å²) in [6, 6.07) is 5.11. The van der Waals surface area contributed by atoms with Crippen LogP contribution in [0.1, 0.15) is 24.1 Å². The molecule has 1 unspecified atom stereocenters. The topological polar surface area (TPSA) is 40.7 Å². The minimum atomic E-state index is -4.31. The molecule has 1 atom stereocenters. The second-order valence-corrected chi connectivity index (χ2v) is 4.29. The number of hydrogen-bond donors (Lipinski definition) is 2. The van der Waals surface area contributed by atoms with Crippen LogP contribution in [0.4, 0.5) is 13.2 Å². The zero-order valence-corrected chi connectivity index (χ0v) is 10.5. The predicted octanol–water partition coefficient (Wildman–Crippen LogP) is 3.38. The number of H-pyrrole nitrogens is 1. The van der Waals surface area contributed by atoms with E-state index in [1.807, 2.05) is 14.0 Å². The average Bonchev–Trinajstić information content (AvgIpc) is 2.86. The molecule has 0 amide bonds. The molecular weight excluding hydrogens is 255 g/mol. The molecule has 2 N–H and O–H groups in total. The molecule has 1 heterocycles. The Hall–Kier alpha value is -1.82. The monoisotopic (exact) mass is 269 g/mol. The van der Waals surface area contributed by atoms with E-state index in [1.54, 1.807) is 6.20 Å². The van der Waals surface area contributed by atoms with Crippen molar-refractivity contribution in [2.75, 3.05) is 7.05 Å². The van der Waals surface area contributed by atoms with Crippen molar-refractivity contribution in [1.82, 2.24) is 15.5 Å². The molecule has 0 spiro atoms. The summed E-state index contributed by atoms with van der Waals surface area (Å²) in [5.41, 5.74) is 1.68. The quantitative estimate of drug-likeness (QED) is 0.896. The maximum absolute atomic E-state index is 12.5. The largest absolute Gasteiger partial charge is 0.416 e. The van der Waals surface area contributed by atoms with Gasteiger partial charge in [0, 0.05) is 11.6 Å². The van der Waals surface area contributed by atoms with Gasteiger partial charge in [0.05, 0.1) is 17.5 Å². The standard InChI is InChI=1S/C13H14F3N3/c1-8(17-2)11-7-18-19-12(11)9-3-5-10(6-4-9)13(14,15)16/h3-8,17H,1-2H3,(H,18,19). The number of halogens is 3. The Balaban J connectivity index is 2.36. The summed E-state index contributed by atoms with van der Waals surface area (Å²) in [6.07, 6.45) is -2.64. The molecule has 2 rings (SSSR count). The van der Waals surface area contributed by atoms with Crippen molar-refractivity contribution in [3.63, 3.8) is 0 Å². The Labute approximate surface area is 108 Å². The van der Waals surface area contributed by atoms with E-state index in [9.17, 15) is 13.2 Å². The fourth-order valence-corrected chi connectivity index (χ4v) is 1.84. The summed E-state index contributed by atoms with van der Waals surface area (Å²) in [5.74, 6) is 0. The third kappa shape index (κ3) is 2.78. The second-order valence-electron chi connectivity index (χ2n) is 4.29. The lowest BCUT2D eigenvalue weighted by Gasteiger charge is -2.11. The van der Waals surface area contributed by atoms with Crippen molar-refractivity contribution >= 4 is 0 Å². The first-order valence-corrected chi connectivity index (χ1v) is 5.81. The summed E-state index contributed by atoms with van der Waals surface area (Å²) in [5, 5.41) is 9.85. The molecule has 0 saturated heterocycles. The average molecular weight is 269 g/mol. The predicted molar refractivity (Wildman–Crippen MR) is 66.5 cm³/mol. The van der Waals surface area contributed by atoms with E-state index in [0.29, 0.717) is 5.56 Å². The van der Waals surface area contributed by atoms with Crippen molar-refractivity contribution in [2.45, 2.75) is 19.1 Å². The van der Waals surface area contributed by atoms with Gasteiger partial charge < -0.3 is 5.32 Å². The highest BCUT2D eigenvalue weighted by Crippen LogP contribution is 2.32. The molecule has 0 bridgehead atoms. The van der Waals surface area contributed by atoms with Gasteiger partial charge in [0.25, 0.3) is 0 Å². The van der Waals surface area contributed by atoms with Crippen molar-refractivity contribution in [3.05, 3.63) is 41.6 Å². The first-order valence-electron chi connectivity index (χ1n) is 5.81. The first-order chi connectivity index (χ1) is 8.93. The number of alkyl halides is 3. The summed E-state index contributed by atoms with van der Waals surface area (Å²) in [7, 11) is 1.81. The van der Waals surface area contributed by atoms with Crippen LogP contribution in [0.15, 0.2) is 30.5 Å². The van der Waals surface area contributed by atoms with Crippen LogP contribution in [0.25, 0.3) is 11.3 Å². The minimum absolute atomic E-state index is 0.0658. The Bertz CT molecular complexity index is 543. The van der Waals surface area contributed by atoms with Crippen LogP contribution in [-0.4, -0.2) is 17.2 Å². The molecule has 1 aromatic heterocycles. The van der Waals surface area contributed by atoms with Gasteiger partial charge in [-0.15, -0.1) is 0 Å². The lowest BCUT2D eigenvalue weighted by atomic mass is 10.0. The van der Waals surface area contributed by atoms with Gasteiger partial charge in [-0.2, -0.15) is 18.3 Å². The maximum Gasteiger partial charge on any atom is 0.416 e. The number of aromatic amines is 1. The summed E-state index contributed by atoms with van der Waals surface area (Å²) in [4.78, 5) is 0. The van der Waals surface area contributed by atoms with E-state index in [0.717, 1.165) is 23.4 Å². The van der Waals surface area contributed by atoms with Gasteiger partial charge in [0.2, 0.25) is 0 Å². The molecule has 2 aromatic rings. The third-order valence-corrected chi connectivity index (χ3v) is 3.07.